The molecule has 1 rings (SSSR count). The van der Waals surface area contributed by atoms with E-state index in [0.717, 1.165) is 23.0 Å². The third-order valence-corrected chi connectivity index (χ3v) is 4.79. The molecule has 0 saturated heterocycles. The van der Waals surface area contributed by atoms with Gasteiger partial charge in [-0.3, -0.25) is 4.68 Å². The first-order chi connectivity index (χ1) is 8.44. The fraction of sp³-hybridized carbons (Fsp3) is 0.727. The highest BCUT2D eigenvalue weighted by Gasteiger charge is 2.08. The molecule has 0 aromatic carbocycles. The first-order valence-electron chi connectivity index (χ1n) is 6.11. The number of halogens is 1. The first kappa shape index (κ1) is 15.7. The fourth-order valence-corrected chi connectivity index (χ4v) is 3.07. The molecule has 0 aliphatic rings. The van der Waals surface area contributed by atoms with E-state index in [1.807, 2.05) is 24.7 Å². The van der Waals surface area contributed by atoms with Gasteiger partial charge >= 0.3 is 0 Å². The Morgan fingerprint density at radius 3 is 2.72 bits per heavy atom. The number of aromatic nitrogens is 2. The van der Waals surface area contributed by atoms with Gasteiger partial charge in [0.05, 0.1) is 15.9 Å². The van der Waals surface area contributed by atoms with Crippen molar-refractivity contribution in [3.8, 4) is 0 Å². The van der Waals surface area contributed by atoms with Gasteiger partial charge in [-0.05, 0) is 35.7 Å². The molecular formula is C11H20BrN3O2S. The van der Waals surface area contributed by atoms with Gasteiger partial charge in [-0.25, -0.2) is 13.1 Å². The Morgan fingerprint density at radius 2 is 2.17 bits per heavy atom. The van der Waals surface area contributed by atoms with Gasteiger partial charge in [0.25, 0.3) is 0 Å². The highest BCUT2D eigenvalue weighted by atomic mass is 79.9. The molecule has 0 aliphatic heterocycles. The van der Waals surface area contributed by atoms with Crippen LogP contribution in [0.3, 0.4) is 0 Å². The standard InChI is InChI=1S/C11H20BrN3O2S/c1-3-4-8-18(16,17)13-6-5-7-15-9-11(12)10(2)14-15/h9,13H,3-8H2,1-2H3. The van der Waals surface area contributed by atoms with E-state index in [-0.39, 0.29) is 5.75 Å². The molecule has 0 atom stereocenters. The van der Waals surface area contributed by atoms with E-state index < -0.39 is 10.0 Å². The number of nitrogens with zero attached hydrogens (tertiary/aromatic N) is 2. The molecule has 0 amide bonds. The second kappa shape index (κ2) is 7.25. The highest BCUT2D eigenvalue weighted by molar-refractivity contribution is 9.10. The lowest BCUT2D eigenvalue weighted by Crippen LogP contribution is -2.28. The summed E-state index contributed by atoms with van der Waals surface area (Å²) in [6.45, 7) is 5.08. The molecule has 1 aromatic heterocycles. The summed E-state index contributed by atoms with van der Waals surface area (Å²) in [6, 6.07) is 0. The molecule has 0 saturated carbocycles. The highest BCUT2D eigenvalue weighted by Crippen LogP contribution is 2.13. The zero-order valence-corrected chi connectivity index (χ0v) is 13.2. The molecule has 1 N–H and O–H groups in total. The van der Waals surface area contributed by atoms with E-state index in [1.54, 1.807) is 0 Å². The van der Waals surface area contributed by atoms with Gasteiger partial charge in [0.2, 0.25) is 10.0 Å². The van der Waals surface area contributed by atoms with Gasteiger partial charge in [0.15, 0.2) is 0 Å². The van der Waals surface area contributed by atoms with Gasteiger partial charge in [0, 0.05) is 19.3 Å². The molecule has 0 aliphatic carbocycles. The summed E-state index contributed by atoms with van der Waals surface area (Å²) >= 11 is 3.39. The summed E-state index contributed by atoms with van der Waals surface area (Å²) in [5, 5.41) is 4.29. The molecule has 0 spiro atoms. The monoisotopic (exact) mass is 337 g/mol. The van der Waals surface area contributed by atoms with Gasteiger partial charge in [-0.15, -0.1) is 0 Å². The molecule has 0 bridgehead atoms. The number of aryl methyl sites for hydroxylation is 2. The van der Waals surface area contributed by atoms with Crippen molar-refractivity contribution in [3.63, 3.8) is 0 Å². The molecule has 5 nitrogen and oxygen atoms in total. The molecule has 0 unspecified atom stereocenters. The molecule has 7 heteroatoms. The van der Waals surface area contributed by atoms with Crippen molar-refractivity contribution in [2.75, 3.05) is 12.3 Å². The minimum Gasteiger partial charge on any atom is -0.271 e. The van der Waals surface area contributed by atoms with E-state index in [0.29, 0.717) is 19.5 Å². The number of hydrogen-bond donors (Lipinski definition) is 1. The SMILES string of the molecule is CCCCS(=O)(=O)NCCCn1cc(Br)c(C)n1. The number of rotatable bonds is 8. The Morgan fingerprint density at radius 1 is 1.44 bits per heavy atom. The quantitative estimate of drug-likeness (QED) is 0.738. The Bertz CT molecular complexity index is 451. The van der Waals surface area contributed by atoms with E-state index in [1.165, 1.54) is 0 Å². The van der Waals surface area contributed by atoms with E-state index in [9.17, 15) is 8.42 Å². The average molecular weight is 338 g/mol. The maximum absolute atomic E-state index is 11.5. The number of hydrogen-bond acceptors (Lipinski definition) is 3. The van der Waals surface area contributed by atoms with Crippen LogP contribution in [0.25, 0.3) is 0 Å². The average Bonchev–Trinajstić information content (AvgIpc) is 2.62. The Labute approximate surface area is 117 Å². The minimum absolute atomic E-state index is 0.218. The van der Waals surface area contributed by atoms with Gasteiger partial charge < -0.3 is 0 Å². The van der Waals surface area contributed by atoms with Crippen molar-refractivity contribution in [1.29, 1.82) is 0 Å². The molecule has 1 aromatic rings. The van der Waals surface area contributed by atoms with Crippen molar-refractivity contribution >= 4 is 26.0 Å². The third-order valence-electron chi connectivity index (χ3n) is 2.54. The Kier molecular flexibility index (Phi) is 6.31. The number of sulfonamides is 1. The summed E-state index contributed by atoms with van der Waals surface area (Å²) in [4.78, 5) is 0. The summed E-state index contributed by atoms with van der Waals surface area (Å²) in [7, 11) is -3.09. The molecule has 0 radical (unpaired) electrons. The van der Waals surface area contributed by atoms with Crippen LogP contribution in [-0.4, -0.2) is 30.5 Å². The predicted octanol–water partition coefficient (Wildman–Crippen LogP) is 2.06. The van der Waals surface area contributed by atoms with E-state index in [4.69, 9.17) is 0 Å². The Balaban J connectivity index is 2.26. The predicted molar refractivity (Wildman–Crippen MR) is 76.0 cm³/mol. The topological polar surface area (TPSA) is 64.0 Å². The lowest BCUT2D eigenvalue weighted by atomic mass is 10.4. The second-order valence-corrected chi connectivity index (χ2v) is 7.03. The summed E-state index contributed by atoms with van der Waals surface area (Å²) < 4.78 is 28.4. The van der Waals surface area contributed by atoms with E-state index in [2.05, 4.69) is 25.8 Å². The van der Waals surface area contributed by atoms with E-state index >= 15 is 0 Å². The van der Waals surface area contributed by atoms with Crippen molar-refractivity contribution in [1.82, 2.24) is 14.5 Å². The van der Waals surface area contributed by atoms with Crippen LogP contribution in [0.2, 0.25) is 0 Å². The fourth-order valence-electron chi connectivity index (χ4n) is 1.48. The maximum Gasteiger partial charge on any atom is 0.211 e. The molecule has 104 valence electrons. The van der Waals surface area contributed by atoms with Gasteiger partial charge in [-0.1, -0.05) is 13.3 Å². The molecule has 0 fully saturated rings. The van der Waals surface area contributed by atoms with Crippen LogP contribution in [0.5, 0.6) is 0 Å². The van der Waals surface area contributed by atoms with Crippen LogP contribution < -0.4 is 4.72 Å². The zero-order valence-electron chi connectivity index (χ0n) is 10.8. The van der Waals surface area contributed by atoms with Crippen molar-refractivity contribution < 1.29 is 8.42 Å². The summed E-state index contributed by atoms with van der Waals surface area (Å²) in [5.41, 5.74) is 0.943. The minimum atomic E-state index is -3.09. The number of unbranched alkanes of at least 4 members (excludes halogenated alkanes) is 1. The van der Waals surface area contributed by atoms with Gasteiger partial charge in [0.1, 0.15) is 0 Å². The summed E-state index contributed by atoms with van der Waals surface area (Å²) in [6.07, 6.45) is 4.24. The van der Waals surface area contributed by atoms with Crippen molar-refractivity contribution in [2.24, 2.45) is 0 Å². The van der Waals surface area contributed by atoms with Crippen LogP contribution in [0, 0.1) is 6.92 Å². The lowest BCUT2D eigenvalue weighted by Gasteiger charge is -2.06. The second-order valence-electron chi connectivity index (χ2n) is 4.25. The summed E-state index contributed by atoms with van der Waals surface area (Å²) in [5.74, 6) is 0.218. The number of nitrogens with one attached hydrogen (secondary N) is 1. The van der Waals surface area contributed by atoms with Crippen molar-refractivity contribution in [3.05, 3.63) is 16.4 Å². The molecule has 18 heavy (non-hydrogen) atoms. The largest absolute Gasteiger partial charge is 0.271 e. The van der Waals surface area contributed by atoms with Crippen LogP contribution in [-0.2, 0) is 16.6 Å². The lowest BCUT2D eigenvalue weighted by molar-refractivity contribution is 0.549. The Hall–Kier alpha value is -0.400. The van der Waals surface area contributed by atoms with Crippen molar-refractivity contribution in [2.45, 2.75) is 39.7 Å². The van der Waals surface area contributed by atoms with Crippen LogP contribution in [0.15, 0.2) is 10.7 Å². The van der Waals surface area contributed by atoms with Crippen LogP contribution in [0.4, 0.5) is 0 Å². The molecular weight excluding hydrogens is 318 g/mol. The maximum atomic E-state index is 11.5. The van der Waals surface area contributed by atoms with Crippen LogP contribution in [0.1, 0.15) is 31.9 Å². The van der Waals surface area contributed by atoms with Crippen LogP contribution >= 0.6 is 15.9 Å². The molecule has 1 heterocycles. The smallest absolute Gasteiger partial charge is 0.211 e. The van der Waals surface area contributed by atoms with Gasteiger partial charge in [-0.2, -0.15) is 5.10 Å². The first-order valence-corrected chi connectivity index (χ1v) is 8.56. The third kappa shape index (κ3) is 5.49. The zero-order chi connectivity index (χ0) is 13.6. The normalized spacial score (nSPS) is 11.9.